The number of nitrogens with one attached hydrogen (secondary N) is 1. The van der Waals surface area contributed by atoms with Gasteiger partial charge in [-0.25, -0.2) is 0 Å². The maximum absolute atomic E-state index is 5.89. The zero-order valence-electron chi connectivity index (χ0n) is 11.8. The summed E-state index contributed by atoms with van der Waals surface area (Å²) >= 11 is 5.02. The summed E-state index contributed by atoms with van der Waals surface area (Å²) < 4.78 is 6.96. The van der Waals surface area contributed by atoms with Crippen molar-refractivity contribution < 1.29 is 4.74 Å². The molecule has 0 fully saturated rings. The molecule has 0 spiro atoms. The second-order valence-electron chi connectivity index (χ2n) is 4.66. The average molecular weight is 356 g/mol. The Morgan fingerprint density at radius 3 is 2.85 bits per heavy atom. The normalized spacial score (nSPS) is 10.8. The minimum atomic E-state index is 0.411. The van der Waals surface area contributed by atoms with Crippen molar-refractivity contribution in [1.82, 2.24) is 10.2 Å². The van der Waals surface area contributed by atoms with E-state index in [1.165, 1.54) is 16.9 Å². The number of nitrogens with zero attached hydrogens (tertiary/aromatic N) is 2. The van der Waals surface area contributed by atoms with E-state index in [4.69, 9.17) is 4.74 Å². The van der Waals surface area contributed by atoms with Gasteiger partial charge < -0.3 is 10.1 Å². The fourth-order valence-corrected chi connectivity index (χ4v) is 2.88. The van der Waals surface area contributed by atoms with E-state index in [2.05, 4.69) is 51.4 Å². The summed E-state index contributed by atoms with van der Waals surface area (Å²) in [5.41, 5.74) is 1.19. The van der Waals surface area contributed by atoms with Crippen LogP contribution in [0.5, 0.6) is 5.75 Å². The number of halogens is 1. The van der Waals surface area contributed by atoms with Gasteiger partial charge in [0.15, 0.2) is 5.01 Å². The van der Waals surface area contributed by atoms with Crippen molar-refractivity contribution in [3.63, 3.8) is 0 Å². The van der Waals surface area contributed by atoms with Gasteiger partial charge in [0.2, 0.25) is 5.13 Å². The molecular weight excluding hydrogens is 338 g/mol. The minimum Gasteiger partial charge on any atom is -0.486 e. The molecule has 2 aromatic rings. The molecule has 1 aromatic carbocycles. The Morgan fingerprint density at radius 2 is 2.15 bits per heavy atom. The van der Waals surface area contributed by atoms with E-state index in [0.717, 1.165) is 26.9 Å². The Bertz CT molecular complexity index is 571. The van der Waals surface area contributed by atoms with Crippen LogP contribution < -0.4 is 10.1 Å². The zero-order chi connectivity index (χ0) is 14.5. The third kappa shape index (κ3) is 3.93. The SMILES string of the molecule is CCNc1nnc(COc2ccc(Br)cc2C(C)C)s1. The number of ether oxygens (including phenoxy) is 1. The summed E-state index contributed by atoms with van der Waals surface area (Å²) in [6.45, 7) is 7.64. The topological polar surface area (TPSA) is 47.0 Å². The maximum Gasteiger partial charge on any atom is 0.205 e. The monoisotopic (exact) mass is 355 g/mol. The lowest BCUT2D eigenvalue weighted by Crippen LogP contribution is -1.99. The summed E-state index contributed by atoms with van der Waals surface area (Å²) in [4.78, 5) is 0. The first-order valence-electron chi connectivity index (χ1n) is 6.58. The molecule has 0 unspecified atom stereocenters. The van der Waals surface area contributed by atoms with Crippen molar-refractivity contribution in [3.8, 4) is 5.75 Å². The molecule has 0 saturated carbocycles. The third-order valence-corrected chi connectivity index (χ3v) is 4.09. The fraction of sp³-hybridized carbons (Fsp3) is 0.429. The van der Waals surface area contributed by atoms with E-state index in [-0.39, 0.29) is 0 Å². The quantitative estimate of drug-likeness (QED) is 0.832. The van der Waals surface area contributed by atoms with Gasteiger partial charge in [-0.15, -0.1) is 10.2 Å². The lowest BCUT2D eigenvalue weighted by Gasteiger charge is -2.13. The van der Waals surface area contributed by atoms with Gasteiger partial charge in [-0.2, -0.15) is 0 Å². The first-order valence-corrected chi connectivity index (χ1v) is 8.19. The zero-order valence-corrected chi connectivity index (χ0v) is 14.2. The average Bonchev–Trinajstić information content (AvgIpc) is 2.85. The molecule has 1 aromatic heterocycles. The predicted molar refractivity (Wildman–Crippen MR) is 86.6 cm³/mol. The van der Waals surface area contributed by atoms with Crippen LogP contribution in [0.2, 0.25) is 0 Å². The van der Waals surface area contributed by atoms with Gasteiger partial charge in [-0.3, -0.25) is 0 Å². The van der Waals surface area contributed by atoms with Gasteiger partial charge in [-0.05, 0) is 36.6 Å². The van der Waals surface area contributed by atoms with Crippen LogP contribution in [-0.2, 0) is 6.61 Å². The largest absolute Gasteiger partial charge is 0.486 e. The molecule has 6 heteroatoms. The van der Waals surface area contributed by atoms with Crippen LogP contribution in [0.25, 0.3) is 0 Å². The number of benzene rings is 1. The van der Waals surface area contributed by atoms with Crippen molar-refractivity contribution in [2.45, 2.75) is 33.3 Å². The van der Waals surface area contributed by atoms with Gasteiger partial charge >= 0.3 is 0 Å². The molecule has 0 bridgehead atoms. The number of hydrogen-bond donors (Lipinski definition) is 1. The molecule has 0 atom stereocenters. The van der Waals surface area contributed by atoms with Crippen LogP contribution in [0, 0.1) is 0 Å². The molecule has 0 radical (unpaired) electrons. The molecule has 0 aliphatic carbocycles. The van der Waals surface area contributed by atoms with E-state index in [9.17, 15) is 0 Å². The molecule has 1 heterocycles. The van der Waals surface area contributed by atoms with Gasteiger partial charge in [0.25, 0.3) is 0 Å². The van der Waals surface area contributed by atoms with Gasteiger partial charge in [0.1, 0.15) is 12.4 Å². The number of rotatable bonds is 6. The highest BCUT2D eigenvalue weighted by atomic mass is 79.9. The van der Waals surface area contributed by atoms with Crippen LogP contribution in [0.4, 0.5) is 5.13 Å². The van der Waals surface area contributed by atoms with E-state index < -0.39 is 0 Å². The molecule has 1 N–H and O–H groups in total. The second-order valence-corrected chi connectivity index (χ2v) is 6.63. The summed E-state index contributed by atoms with van der Waals surface area (Å²) in [5.74, 6) is 1.32. The Hall–Kier alpha value is -1.14. The summed E-state index contributed by atoms with van der Waals surface area (Å²) in [7, 11) is 0. The summed E-state index contributed by atoms with van der Waals surface area (Å²) in [5, 5.41) is 13.0. The van der Waals surface area contributed by atoms with Crippen molar-refractivity contribution in [2.24, 2.45) is 0 Å². The summed E-state index contributed by atoms with van der Waals surface area (Å²) in [6, 6.07) is 6.08. The molecule has 4 nitrogen and oxygen atoms in total. The van der Waals surface area contributed by atoms with Crippen molar-refractivity contribution >= 4 is 32.4 Å². The molecule has 2 rings (SSSR count). The second kappa shape index (κ2) is 7.04. The first-order chi connectivity index (χ1) is 9.60. The van der Waals surface area contributed by atoms with Gasteiger partial charge in [0, 0.05) is 11.0 Å². The fourth-order valence-electron chi connectivity index (χ4n) is 1.78. The van der Waals surface area contributed by atoms with Crippen LogP contribution in [0.15, 0.2) is 22.7 Å². The van der Waals surface area contributed by atoms with E-state index in [1.807, 2.05) is 19.1 Å². The molecule has 108 valence electrons. The number of hydrogen-bond acceptors (Lipinski definition) is 5. The lowest BCUT2D eigenvalue weighted by molar-refractivity contribution is 0.300. The molecule has 0 saturated heterocycles. The lowest BCUT2D eigenvalue weighted by atomic mass is 10.0. The van der Waals surface area contributed by atoms with E-state index in [1.54, 1.807) is 0 Å². The van der Waals surface area contributed by atoms with E-state index >= 15 is 0 Å². The van der Waals surface area contributed by atoms with E-state index in [0.29, 0.717) is 12.5 Å². The number of anilines is 1. The Morgan fingerprint density at radius 1 is 1.35 bits per heavy atom. The Labute approximate surface area is 131 Å². The predicted octanol–water partition coefficient (Wildman–Crippen LogP) is 4.43. The Balaban J connectivity index is 2.06. The highest BCUT2D eigenvalue weighted by Crippen LogP contribution is 2.30. The highest BCUT2D eigenvalue weighted by Gasteiger charge is 2.10. The van der Waals surface area contributed by atoms with Crippen LogP contribution in [0.1, 0.15) is 37.3 Å². The van der Waals surface area contributed by atoms with Crippen LogP contribution >= 0.6 is 27.3 Å². The standard InChI is InChI=1S/C14H18BrN3OS/c1-4-16-14-18-17-13(20-14)8-19-12-6-5-10(15)7-11(12)9(2)3/h5-7,9H,4,8H2,1-3H3,(H,16,18). The maximum atomic E-state index is 5.89. The van der Waals surface area contributed by atoms with Crippen molar-refractivity contribution in [3.05, 3.63) is 33.2 Å². The van der Waals surface area contributed by atoms with Gasteiger partial charge in [0.05, 0.1) is 0 Å². The molecule has 0 aliphatic heterocycles. The molecule has 0 amide bonds. The molecule has 20 heavy (non-hydrogen) atoms. The smallest absolute Gasteiger partial charge is 0.205 e. The Kier molecular flexibility index (Phi) is 5.37. The number of aromatic nitrogens is 2. The van der Waals surface area contributed by atoms with Crippen LogP contribution in [-0.4, -0.2) is 16.7 Å². The minimum absolute atomic E-state index is 0.411. The van der Waals surface area contributed by atoms with Crippen molar-refractivity contribution in [2.75, 3.05) is 11.9 Å². The molecular formula is C14H18BrN3OS. The first kappa shape index (κ1) is 15.3. The third-order valence-electron chi connectivity index (χ3n) is 2.74. The molecule has 0 aliphatic rings. The highest BCUT2D eigenvalue weighted by molar-refractivity contribution is 9.10. The van der Waals surface area contributed by atoms with Crippen molar-refractivity contribution in [1.29, 1.82) is 0 Å². The van der Waals surface area contributed by atoms with Crippen LogP contribution in [0.3, 0.4) is 0 Å². The summed E-state index contributed by atoms with van der Waals surface area (Å²) in [6.07, 6.45) is 0. The van der Waals surface area contributed by atoms with Gasteiger partial charge in [-0.1, -0.05) is 41.1 Å².